The van der Waals surface area contributed by atoms with Gasteiger partial charge >= 0.3 is 12.1 Å². The Morgan fingerprint density at radius 2 is 1.57 bits per heavy atom. The maximum Gasteiger partial charge on any atom is 0.424 e. The summed E-state index contributed by atoms with van der Waals surface area (Å²) in [6.07, 6.45) is -5.05. The summed E-state index contributed by atoms with van der Waals surface area (Å²) in [6, 6.07) is 16.1. The maximum absolute atomic E-state index is 13.3. The van der Waals surface area contributed by atoms with Crippen LogP contribution in [-0.2, 0) is 14.3 Å². The van der Waals surface area contributed by atoms with Gasteiger partial charge in [-0.05, 0) is 30.2 Å². The lowest BCUT2D eigenvalue weighted by molar-refractivity contribution is -0.148. The topological polar surface area (TPSA) is 59.0 Å². The van der Waals surface area contributed by atoms with Gasteiger partial charge < -0.3 is 4.74 Å². The molecule has 0 saturated heterocycles. The Morgan fingerprint density at radius 3 is 2.11 bits per heavy atom. The molecule has 28 heavy (non-hydrogen) atoms. The van der Waals surface area contributed by atoms with Gasteiger partial charge in [0.15, 0.2) is 5.57 Å². The fourth-order valence-corrected chi connectivity index (χ4v) is 2.86. The molecular formula is C20H15F3N2O3. The van der Waals surface area contributed by atoms with Crippen LogP contribution in [0.15, 0.2) is 70.8 Å². The first-order chi connectivity index (χ1) is 13.2. The number of amides is 1. The van der Waals surface area contributed by atoms with Crippen molar-refractivity contribution in [2.45, 2.75) is 13.1 Å². The molecule has 0 radical (unpaired) electrons. The normalized spacial score (nSPS) is 16.1. The van der Waals surface area contributed by atoms with Gasteiger partial charge in [0.05, 0.1) is 24.1 Å². The van der Waals surface area contributed by atoms with Gasteiger partial charge in [0.2, 0.25) is 0 Å². The number of esters is 1. The molecule has 0 atom stereocenters. The summed E-state index contributed by atoms with van der Waals surface area (Å²) in [5.74, 6) is -2.67. The van der Waals surface area contributed by atoms with Crippen molar-refractivity contribution in [3.63, 3.8) is 0 Å². The Hall–Kier alpha value is -3.42. The molecule has 5 nitrogen and oxygen atoms in total. The lowest BCUT2D eigenvalue weighted by Gasteiger charge is -2.15. The summed E-state index contributed by atoms with van der Waals surface area (Å²) in [4.78, 5) is 24.3. The Balaban J connectivity index is 1.99. The number of anilines is 1. The summed E-state index contributed by atoms with van der Waals surface area (Å²) in [6.45, 7) is 1.24. The Labute approximate surface area is 158 Å². The molecule has 0 aliphatic carbocycles. The lowest BCUT2D eigenvalue weighted by atomic mass is 10.0. The number of rotatable bonds is 3. The summed E-state index contributed by atoms with van der Waals surface area (Å²) < 4.78 is 44.2. The third-order valence-corrected chi connectivity index (χ3v) is 4.16. The van der Waals surface area contributed by atoms with Crippen LogP contribution in [0.2, 0.25) is 0 Å². The fraction of sp³-hybridized carbons (Fsp3) is 0.150. The molecule has 0 bridgehead atoms. The summed E-state index contributed by atoms with van der Waals surface area (Å²) >= 11 is 0. The molecule has 1 aliphatic heterocycles. The highest BCUT2D eigenvalue weighted by molar-refractivity contribution is 6.32. The molecule has 1 aliphatic rings. The number of halogens is 3. The number of nitrogens with zero attached hydrogens (tertiary/aromatic N) is 2. The molecule has 8 heteroatoms. The first-order valence-electron chi connectivity index (χ1n) is 8.19. The predicted octanol–water partition coefficient (Wildman–Crippen LogP) is 4.11. The van der Waals surface area contributed by atoms with Gasteiger partial charge in [0, 0.05) is 0 Å². The highest BCUT2D eigenvalue weighted by Gasteiger charge is 2.47. The van der Waals surface area contributed by atoms with Crippen LogP contribution in [0.4, 0.5) is 18.9 Å². The first kappa shape index (κ1) is 19.3. The van der Waals surface area contributed by atoms with E-state index < -0.39 is 29.2 Å². The third kappa shape index (κ3) is 3.53. The minimum atomic E-state index is -5.05. The number of benzene rings is 2. The molecule has 0 spiro atoms. The van der Waals surface area contributed by atoms with Gasteiger partial charge in [0.1, 0.15) is 0 Å². The highest BCUT2D eigenvalue weighted by Crippen LogP contribution is 2.34. The van der Waals surface area contributed by atoms with Gasteiger partial charge in [-0.1, -0.05) is 42.5 Å². The van der Waals surface area contributed by atoms with Crippen molar-refractivity contribution in [3.05, 3.63) is 65.7 Å². The summed E-state index contributed by atoms with van der Waals surface area (Å²) in [5.41, 5.74) is -0.582. The van der Waals surface area contributed by atoms with Crippen LogP contribution in [-0.4, -0.2) is 30.9 Å². The van der Waals surface area contributed by atoms with Crippen molar-refractivity contribution in [2.24, 2.45) is 5.10 Å². The van der Waals surface area contributed by atoms with Crippen molar-refractivity contribution in [3.8, 4) is 11.1 Å². The Bertz CT molecular complexity index is 978. The monoisotopic (exact) mass is 388 g/mol. The van der Waals surface area contributed by atoms with Crippen LogP contribution in [0.5, 0.6) is 0 Å². The van der Waals surface area contributed by atoms with E-state index in [1.165, 1.54) is 6.92 Å². The van der Waals surface area contributed by atoms with E-state index in [-0.39, 0.29) is 11.4 Å². The number of hydrazone groups is 1. The van der Waals surface area contributed by atoms with Crippen LogP contribution in [0.1, 0.15) is 6.92 Å². The number of ether oxygens (including phenoxy) is 1. The lowest BCUT2D eigenvalue weighted by Crippen LogP contribution is -2.29. The van der Waals surface area contributed by atoms with Crippen LogP contribution >= 0.6 is 0 Å². The second kappa shape index (κ2) is 7.30. The quantitative estimate of drug-likeness (QED) is 0.587. The second-order valence-corrected chi connectivity index (χ2v) is 5.95. The number of hydrogen-bond acceptors (Lipinski definition) is 4. The number of hydrogen-bond donors (Lipinski definition) is 0. The largest absolute Gasteiger partial charge is 0.465 e. The Kier molecular flexibility index (Phi) is 5.04. The molecule has 1 heterocycles. The third-order valence-electron chi connectivity index (χ3n) is 4.16. The van der Waals surface area contributed by atoms with Gasteiger partial charge in [-0.3, -0.25) is 4.79 Å². The molecule has 2 aromatic carbocycles. The SMILES string of the molecule is COC(=O)/C(=C1/C(=O)N(c2ccc(-c3ccccc3)cc2)N=C1C)C(F)(F)F. The fourth-order valence-electron chi connectivity index (χ4n) is 2.86. The zero-order chi connectivity index (χ0) is 20.5. The summed E-state index contributed by atoms with van der Waals surface area (Å²) in [5, 5.41) is 4.75. The number of methoxy groups -OCH3 is 1. The van der Waals surface area contributed by atoms with Crippen molar-refractivity contribution in [1.82, 2.24) is 0 Å². The zero-order valence-electron chi connectivity index (χ0n) is 14.9. The Morgan fingerprint density at radius 1 is 1.00 bits per heavy atom. The molecule has 144 valence electrons. The van der Waals surface area contributed by atoms with E-state index in [0.717, 1.165) is 23.2 Å². The number of alkyl halides is 3. The molecule has 2 aromatic rings. The predicted molar refractivity (Wildman–Crippen MR) is 97.6 cm³/mol. The minimum Gasteiger partial charge on any atom is -0.465 e. The van der Waals surface area contributed by atoms with E-state index in [1.54, 1.807) is 24.3 Å². The van der Waals surface area contributed by atoms with Crippen molar-refractivity contribution >= 4 is 23.3 Å². The van der Waals surface area contributed by atoms with E-state index in [2.05, 4.69) is 9.84 Å². The average molecular weight is 388 g/mol. The van der Waals surface area contributed by atoms with Gasteiger partial charge in [-0.25, -0.2) is 4.79 Å². The second-order valence-electron chi connectivity index (χ2n) is 5.95. The van der Waals surface area contributed by atoms with E-state index in [4.69, 9.17) is 0 Å². The maximum atomic E-state index is 13.3. The molecular weight excluding hydrogens is 373 g/mol. The molecule has 3 rings (SSSR count). The highest BCUT2D eigenvalue weighted by atomic mass is 19.4. The molecule has 0 unspecified atom stereocenters. The van der Waals surface area contributed by atoms with Crippen LogP contribution < -0.4 is 5.01 Å². The van der Waals surface area contributed by atoms with Gasteiger partial charge in [-0.15, -0.1) is 0 Å². The van der Waals surface area contributed by atoms with E-state index >= 15 is 0 Å². The molecule has 0 N–H and O–H groups in total. The van der Waals surface area contributed by atoms with Crippen molar-refractivity contribution in [2.75, 3.05) is 12.1 Å². The van der Waals surface area contributed by atoms with Crippen molar-refractivity contribution < 1.29 is 27.5 Å². The van der Waals surface area contributed by atoms with E-state index in [0.29, 0.717) is 0 Å². The van der Waals surface area contributed by atoms with Crippen LogP contribution in [0.3, 0.4) is 0 Å². The summed E-state index contributed by atoms with van der Waals surface area (Å²) in [7, 11) is 0.820. The number of carbonyl (C=O) groups excluding carboxylic acids is 2. The zero-order valence-corrected chi connectivity index (χ0v) is 14.9. The minimum absolute atomic E-state index is 0.213. The van der Waals surface area contributed by atoms with Crippen LogP contribution in [0.25, 0.3) is 11.1 Å². The average Bonchev–Trinajstić information content (AvgIpc) is 2.96. The molecule has 1 amide bonds. The number of carbonyl (C=O) groups is 2. The van der Waals surface area contributed by atoms with Gasteiger partial charge in [0.25, 0.3) is 5.91 Å². The molecule has 0 fully saturated rings. The standard InChI is InChI=1S/C20H15F3N2O3/c1-12-16(17(19(27)28-2)20(21,22)23)18(26)25(24-12)15-10-8-14(9-11-15)13-6-4-3-5-7-13/h3-11H,1-2H3/b17-16-. The van der Waals surface area contributed by atoms with E-state index in [9.17, 15) is 22.8 Å². The van der Waals surface area contributed by atoms with Gasteiger partial charge in [-0.2, -0.15) is 23.3 Å². The first-order valence-corrected chi connectivity index (χ1v) is 8.19. The smallest absolute Gasteiger partial charge is 0.424 e. The molecule has 0 saturated carbocycles. The molecule has 0 aromatic heterocycles. The van der Waals surface area contributed by atoms with E-state index in [1.807, 2.05) is 30.3 Å². The van der Waals surface area contributed by atoms with Crippen molar-refractivity contribution in [1.29, 1.82) is 0 Å². The van der Waals surface area contributed by atoms with Crippen LogP contribution in [0, 0.1) is 0 Å².